The van der Waals surface area contributed by atoms with Gasteiger partial charge in [-0.05, 0) is 18.4 Å². The molecule has 18 heavy (non-hydrogen) atoms. The van der Waals surface area contributed by atoms with Crippen LogP contribution >= 0.6 is 0 Å². The maximum absolute atomic E-state index is 11.8. The van der Waals surface area contributed by atoms with Crippen molar-refractivity contribution in [1.82, 2.24) is 0 Å². The van der Waals surface area contributed by atoms with Gasteiger partial charge in [0.15, 0.2) is 12.3 Å². The fraction of sp³-hybridized carbons (Fsp3) is 0.533. The Morgan fingerprint density at radius 3 is 2.61 bits per heavy atom. The Balaban J connectivity index is 1.70. The van der Waals surface area contributed by atoms with Crippen LogP contribution in [0.3, 0.4) is 0 Å². The monoisotopic (exact) mass is 247 g/mol. The maximum Gasteiger partial charge on any atom is 0.177 e. The summed E-state index contributed by atoms with van der Waals surface area (Å²) in [5.74, 6) is 0. The molecule has 98 valence electrons. The zero-order chi connectivity index (χ0) is 12.6. The number of hydrogen-bond acceptors (Lipinski definition) is 2. The van der Waals surface area contributed by atoms with Gasteiger partial charge in [0.05, 0.1) is 6.61 Å². The minimum Gasteiger partial charge on any atom is -0.624 e. The molecule has 0 aromatic heterocycles. The lowest BCUT2D eigenvalue weighted by atomic mass is 9.96. The van der Waals surface area contributed by atoms with Crippen molar-refractivity contribution in [3.05, 3.63) is 41.1 Å². The summed E-state index contributed by atoms with van der Waals surface area (Å²) in [7, 11) is 0. The van der Waals surface area contributed by atoms with Crippen LogP contribution in [0.15, 0.2) is 30.3 Å². The van der Waals surface area contributed by atoms with E-state index in [1.165, 1.54) is 19.3 Å². The molecule has 3 nitrogen and oxygen atoms in total. The van der Waals surface area contributed by atoms with Crippen molar-refractivity contribution in [2.24, 2.45) is 0 Å². The van der Waals surface area contributed by atoms with Gasteiger partial charge in [-0.2, -0.15) is 0 Å². The van der Waals surface area contributed by atoms with Gasteiger partial charge >= 0.3 is 0 Å². The van der Waals surface area contributed by atoms with Crippen LogP contribution in [0.4, 0.5) is 0 Å². The molecule has 0 spiro atoms. The second kappa shape index (κ2) is 7.17. The predicted molar refractivity (Wildman–Crippen MR) is 72.7 cm³/mol. The first kappa shape index (κ1) is 13.1. The molecule has 0 atom stereocenters. The molecule has 0 saturated heterocycles. The van der Waals surface area contributed by atoms with Gasteiger partial charge in [-0.25, -0.2) is 4.74 Å². The summed E-state index contributed by atoms with van der Waals surface area (Å²) >= 11 is 0. The summed E-state index contributed by atoms with van der Waals surface area (Å²) in [6.07, 6.45) is 7.33. The second-order valence-corrected chi connectivity index (χ2v) is 4.84. The van der Waals surface area contributed by atoms with Gasteiger partial charge in [0.2, 0.25) is 0 Å². The quantitative estimate of drug-likeness (QED) is 0.263. The molecular weight excluding hydrogens is 226 g/mol. The van der Waals surface area contributed by atoms with Crippen molar-refractivity contribution in [3.63, 3.8) is 0 Å². The molecule has 0 amide bonds. The molecule has 1 aliphatic rings. The SMILES string of the molecule is [O-]/[N+](=C\COCc1ccccc1)C1CCCCC1. The molecule has 0 radical (unpaired) electrons. The Morgan fingerprint density at radius 1 is 1.17 bits per heavy atom. The zero-order valence-electron chi connectivity index (χ0n) is 10.8. The van der Waals surface area contributed by atoms with Gasteiger partial charge in [-0.3, -0.25) is 0 Å². The van der Waals surface area contributed by atoms with Gasteiger partial charge < -0.3 is 9.94 Å². The Labute approximate surface area is 109 Å². The third kappa shape index (κ3) is 4.15. The molecule has 0 aliphatic heterocycles. The highest BCUT2D eigenvalue weighted by Gasteiger charge is 2.18. The van der Waals surface area contributed by atoms with Crippen LogP contribution in [0.2, 0.25) is 0 Å². The Hall–Kier alpha value is -1.35. The number of nitrogens with zero attached hydrogens (tertiary/aromatic N) is 1. The van der Waals surface area contributed by atoms with Gasteiger partial charge in [-0.15, -0.1) is 0 Å². The van der Waals surface area contributed by atoms with Crippen molar-refractivity contribution in [3.8, 4) is 0 Å². The highest BCUT2D eigenvalue weighted by molar-refractivity contribution is 5.52. The average Bonchev–Trinajstić information content (AvgIpc) is 2.45. The van der Waals surface area contributed by atoms with Gasteiger partial charge in [0.25, 0.3) is 0 Å². The minimum atomic E-state index is 0.180. The van der Waals surface area contributed by atoms with Gasteiger partial charge in [0.1, 0.15) is 6.61 Å². The summed E-state index contributed by atoms with van der Waals surface area (Å²) < 4.78 is 6.59. The normalized spacial score (nSPS) is 17.9. The lowest BCUT2D eigenvalue weighted by molar-refractivity contribution is -0.502. The number of ether oxygens (including phenoxy) is 1. The fourth-order valence-electron chi connectivity index (χ4n) is 2.36. The molecule has 3 heteroatoms. The zero-order valence-corrected chi connectivity index (χ0v) is 10.8. The van der Waals surface area contributed by atoms with E-state index in [0.717, 1.165) is 23.1 Å². The molecule has 0 N–H and O–H groups in total. The number of benzene rings is 1. The summed E-state index contributed by atoms with van der Waals surface area (Å²) in [6, 6.07) is 10.2. The van der Waals surface area contributed by atoms with Gasteiger partial charge in [0, 0.05) is 12.8 Å². The summed E-state index contributed by atoms with van der Waals surface area (Å²) in [5.41, 5.74) is 1.14. The molecule has 1 aromatic carbocycles. The van der Waals surface area contributed by atoms with Crippen molar-refractivity contribution in [2.75, 3.05) is 6.61 Å². The Morgan fingerprint density at radius 2 is 1.89 bits per heavy atom. The van der Waals surface area contributed by atoms with Crippen LogP contribution < -0.4 is 0 Å². The van der Waals surface area contributed by atoms with E-state index in [9.17, 15) is 5.21 Å². The largest absolute Gasteiger partial charge is 0.624 e. The first-order valence-electron chi connectivity index (χ1n) is 6.77. The van der Waals surface area contributed by atoms with E-state index in [1.807, 2.05) is 30.3 Å². The molecule has 1 aliphatic carbocycles. The molecule has 1 aromatic rings. The summed E-state index contributed by atoms with van der Waals surface area (Å²) in [6.45, 7) is 0.963. The summed E-state index contributed by atoms with van der Waals surface area (Å²) in [4.78, 5) is 0. The van der Waals surface area contributed by atoms with Crippen LogP contribution in [-0.2, 0) is 11.3 Å². The lowest BCUT2D eigenvalue weighted by Gasteiger charge is -2.20. The maximum atomic E-state index is 11.8. The van der Waals surface area contributed by atoms with Gasteiger partial charge in [-0.1, -0.05) is 36.8 Å². The predicted octanol–water partition coefficient (Wildman–Crippen LogP) is 3.12. The van der Waals surface area contributed by atoms with Crippen molar-refractivity contribution < 1.29 is 9.48 Å². The number of hydroxylamine groups is 1. The van der Waals surface area contributed by atoms with E-state index in [1.54, 1.807) is 6.21 Å². The van der Waals surface area contributed by atoms with Crippen LogP contribution in [0.25, 0.3) is 0 Å². The number of hydrogen-bond donors (Lipinski definition) is 0. The molecule has 1 saturated carbocycles. The number of rotatable bonds is 5. The lowest BCUT2D eigenvalue weighted by Crippen LogP contribution is -2.26. The Bertz CT molecular complexity index is 369. The van der Waals surface area contributed by atoms with E-state index in [4.69, 9.17) is 4.74 Å². The second-order valence-electron chi connectivity index (χ2n) is 4.84. The first-order chi connectivity index (χ1) is 8.86. The third-order valence-electron chi connectivity index (χ3n) is 3.42. The van der Waals surface area contributed by atoms with Crippen LogP contribution in [0.1, 0.15) is 37.7 Å². The third-order valence-corrected chi connectivity index (χ3v) is 3.42. The topological polar surface area (TPSA) is 35.3 Å². The minimum absolute atomic E-state index is 0.180. The fourth-order valence-corrected chi connectivity index (χ4v) is 2.36. The van der Waals surface area contributed by atoms with Crippen molar-refractivity contribution in [2.45, 2.75) is 44.8 Å². The molecular formula is C15H21NO2. The standard InChI is InChI=1S/C15H21NO2/c17-16(15-9-5-2-6-10-15)11-12-18-13-14-7-3-1-4-8-14/h1,3-4,7-8,11,15H,2,5-6,9-10,12-13H2/b16-11-. The molecule has 0 bridgehead atoms. The Kier molecular flexibility index (Phi) is 5.21. The van der Waals surface area contributed by atoms with Crippen molar-refractivity contribution >= 4 is 6.21 Å². The van der Waals surface area contributed by atoms with E-state index in [-0.39, 0.29) is 6.04 Å². The van der Waals surface area contributed by atoms with Crippen LogP contribution in [0, 0.1) is 5.21 Å². The molecule has 2 rings (SSSR count). The van der Waals surface area contributed by atoms with E-state index >= 15 is 0 Å². The van der Waals surface area contributed by atoms with E-state index in [2.05, 4.69) is 0 Å². The van der Waals surface area contributed by atoms with Crippen LogP contribution in [0.5, 0.6) is 0 Å². The highest BCUT2D eigenvalue weighted by atomic mass is 16.5. The van der Waals surface area contributed by atoms with E-state index < -0.39 is 0 Å². The smallest absolute Gasteiger partial charge is 0.177 e. The molecule has 1 fully saturated rings. The van der Waals surface area contributed by atoms with Crippen LogP contribution in [-0.4, -0.2) is 23.6 Å². The highest BCUT2D eigenvalue weighted by Crippen LogP contribution is 2.19. The molecule has 0 heterocycles. The first-order valence-corrected chi connectivity index (χ1v) is 6.77. The summed E-state index contributed by atoms with van der Waals surface area (Å²) in [5, 5.41) is 11.8. The molecule has 0 unspecified atom stereocenters. The average molecular weight is 247 g/mol. The van der Waals surface area contributed by atoms with Crippen molar-refractivity contribution in [1.29, 1.82) is 0 Å². The van der Waals surface area contributed by atoms with E-state index in [0.29, 0.717) is 13.2 Å².